The number of hydrogen-bond acceptors (Lipinski definition) is 4. The zero-order valence-electron chi connectivity index (χ0n) is 16.4. The highest BCUT2D eigenvalue weighted by Gasteiger charge is 2.22. The average Bonchev–Trinajstić information content (AvgIpc) is 3.49. The third-order valence-corrected chi connectivity index (χ3v) is 4.53. The molecular formula is C20H30FN3O3. The number of halogens is 1. The molecule has 27 heavy (non-hydrogen) atoms. The summed E-state index contributed by atoms with van der Waals surface area (Å²) in [6.07, 6.45) is 4.34. The Labute approximate surface area is 160 Å². The van der Waals surface area contributed by atoms with Crippen molar-refractivity contribution in [1.29, 1.82) is 0 Å². The van der Waals surface area contributed by atoms with E-state index in [4.69, 9.17) is 4.74 Å². The van der Waals surface area contributed by atoms with Crippen molar-refractivity contribution < 1.29 is 18.7 Å². The smallest absolute Gasteiger partial charge is 0.305 e. The van der Waals surface area contributed by atoms with Gasteiger partial charge in [-0.05, 0) is 56.2 Å². The molecule has 2 rings (SSSR count). The van der Waals surface area contributed by atoms with Gasteiger partial charge in [-0.15, -0.1) is 0 Å². The fourth-order valence-corrected chi connectivity index (χ4v) is 2.58. The minimum Gasteiger partial charge on any atom is -0.490 e. The highest BCUT2D eigenvalue weighted by molar-refractivity contribution is 5.80. The quantitative estimate of drug-likeness (QED) is 0.283. The first-order valence-corrected chi connectivity index (χ1v) is 9.49. The van der Waals surface area contributed by atoms with Gasteiger partial charge in [0.15, 0.2) is 17.5 Å². The van der Waals surface area contributed by atoms with Gasteiger partial charge in [0.05, 0.1) is 19.8 Å². The molecule has 1 fully saturated rings. The van der Waals surface area contributed by atoms with Crippen molar-refractivity contribution in [3.8, 4) is 5.75 Å². The molecule has 1 saturated carbocycles. The molecule has 0 saturated heterocycles. The number of hydrogen-bond donors (Lipinski definition) is 2. The molecule has 1 unspecified atom stereocenters. The third-order valence-electron chi connectivity index (χ3n) is 4.53. The van der Waals surface area contributed by atoms with Crippen LogP contribution in [-0.2, 0) is 9.53 Å². The minimum atomic E-state index is -0.340. The second-order valence-electron chi connectivity index (χ2n) is 6.84. The number of esters is 1. The Morgan fingerprint density at radius 1 is 1.37 bits per heavy atom. The topological polar surface area (TPSA) is 72.0 Å². The molecule has 1 atom stereocenters. The number of unbranched alkanes of at least 4 members (excludes halogenated alkanes) is 1. The van der Waals surface area contributed by atoms with Crippen molar-refractivity contribution in [2.24, 2.45) is 10.9 Å². The van der Waals surface area contributed by atoms with Gasteiger partial charge in [-0.2, -0.15) is 0 Å². The Bertz CT molecular complexity index is 647. The van der Waals surface area contributed by atoms with Crippen molar-refractivity contribution in [2.75, 3.05) is 27.3 Å². The van der Waals surface area contributed by atoms with E-state index in [0.717, 1.165) is 18.4 Å². The normalized spacial score (nSPS) is 15.2. The van der Waals surface area contributed by atoms with Gasteiger partial charge in [0.1, 0.15) is 0 Å². The summed E-state index contributed by atoms with van der Waals surface area (Å²) in [5, 5.41) is 6.44. The summed E-state index contributed by atoms with van der Waals surface area (Å²) in [7, 11) is 3.08. The second kappa shape index (κ2) is 10.7. The number of rotatable bonds is 10. The van der Waals surface area contributed by atoms with Gasteiger partial charge in [-0.25, -0.2) is 4.39 Å². The molecule has 0 amide bonds. The first kappa shape index (κ1) is 21.0. The molecule has 0 aliphatic heterocycles. The molecule has 1 aromatic rings. The maximum absolute atomic E-state index is 14.2. The fourth-order valence-electron chi connectivity index (χ4n) is 2.58. The third kappa shape index (κ3) is 7.45. The zero-order chi connectivity index (χ0) is 19.6. The van der Waals surface area contributed by atoms with Crippen LogP contribution < -0.4 is 15.4 Å². The number of nitrogens with zero attached hydrogens (tertiary/aromatic N) is 1. The van der Waals surface area contributed by atoms with Gasteiger partial charge < -0.3 is 20.1 Å². The molecule has 0 bridgehead atoms. The summed E-state index contributed by atoms with van der Waals surface area (Å²) in [4.78, 5) is 15.3. The number of aliphatic imine (C=N–C) groups is 1. The summed E-state index contributed by atoms with van der Waals surface area (Å²) in [5.41, 5.74) is 0.819. The molecule has 150 valence electrons. The Morgan fingerprint density at radius 2 is 2.15 bits per heavy atom. The van der Waals surface area contributed by atoms with E-state index in [-0.39, 0.29) is 17.8 Å². The molecule has 0 radical (unpaired) electrons. The van der Waals surface area contributed by atoms with Crippen molar-refractivity contribution in [3.05, 3.63) is 29.6 Å². The van der Waals surface area contributed by atoms with Gasteiger partial charge in [0.2, 0.25) is 0 Å². The minimum absolute atomic E-state index is 0.113. The SMILES string of the molecule is CN=C(NCCCCC(=O)OC)NC(C)c1ccc(OCC2CC2)c(F)c1. The molecular weight excluding hydrogens is 349 g/mol. The maximum Gasteiger partial charge on any atom is 0.305 e. The van der Waals surface area contributed by atoms with Crippen LogP contribution in [0.5, 0.6) is 5.75 Å². The van der Waals surface area contributed by atoms with Crippen LogP contribution in [0.25, 0.3) is 0 Å². The number of guanidine groups is 1. The highest BCUT2D eigenvalue weighted by Crippen LogP contribution is 2.30. The van der Waals surface area contributed by atoms with E-state index in [1.165, 1.54) is 26.0 Å². The largest absolute Gasteiger partial charge is 0.490 e. The number of benzene rings is 1. The molecule has 7 heteroatoms. The van der Waals surface area contributed by atoms with E-state index in [1.807, 2.05) is 13.0 Å². The van der Waals surface area contributed by atoms with Gasteiger partial charge >= 0.3 is 5.97 Å². The van der Waals surface area contributed by atoms with Crippen LogP contribution in [0.15, 0.2) is 23.2 Å². The van der Waals surface area contributed by atoms with Crippen LogP contribution >= 0.6 is 0 Å². The van der Waals surface area contributed by atoms with Crippen LogP contribution in [-0.4, -0.2) is 39.2 Å². The lowest BCUT2D eigenvalue weighted by Gasteiger charge is -2.19. The monoisotopic (exact) mass is 379 g/mol. The molecule has 6 nitrogen and oxygen atoms in total. The van der Waals surface area contributed by atoms with E-state index in [9.17, 15) is 9.18 Å². The highest BCUT2D eigenvalue weighted by atomic mass is 19.1. The van der Waals surface area contributed by atoms with E-state index in [2.05, 4.69) is 20.4 Å². The fraction of sp³-hybridized carbons (Fsp3) is 0.600. The molecule has 0 heterocycles. The first-order chi connectivity index (χ1) is 13.0. The predicted molar refractivity (Wildman–Crippen MR) is 103 cm³/mol. The lowest BCUT2D eigenvalue weighted by molar-refractivity contribution is -0.140. The molecule has 1 aliphatic carbocycles. The first-order valence-electron chi connectivity index (χ1n) is 9.49. The average molecular weight is 379 g/mol. The van der Waals surface area contributed by atoms with Crippen LogP contribution in [0.1, 0.15) is 50.6 Å². The van der Waals surface area contributed by atoms with Gasteiger partial charge in [-0.1, -0.05) is 6.07 Å². The van der Waals surface area contributed by atoms with Gasteiger partial charge in [-0.3, -0.25) is 9.79 Å². The van der Waals surface area contributed by atoms with Gasteiger partial charge in [0, 0.05) is 20.0 Å². The van der Waals surface area contributed by atoms with E-state index in [0.29, 0.717) is 37.2 Å². The number of nitrogens with one attached hydrogen (secondary N) is 2. The Morgan fingerprint density at radius 3 is 2.78 bits per heavy atom. The predicted octanol–water partition coefficient (Wildman–Crippen LogP) is 3.18. The molecule has 1 aliphatic rings. The Hall–Kier alpha value is -2.31. The Balaban J connectivity index is 1.76. The lowest BCUT2D eigenvalue weighted by Crippen LogP contribution is -2.39. The van der Waals surface area contributed by atoms with Crippen LogP contribution in [0.2, 0.25) is 0 Å². The van der Waals surface area contributed by atoms with Crippen molar-refractivity contribution in [2.45, 2.75) is 45.1 Å². The van der Waals surface area contributed by atoms with Crippen molar-refractivity contribution in [3.63, 3.8) is 0 Å². The molecule has 0 aromatic heterocycles. The zero-order valence-corrected chi connectivity index (χ0v) is 16.4. The summed E-state index contributed by atoms with van der Waals surface area (Å²) >= 11 is 0. The number of methoxy groups -OCH3 is 1. The maximum atomic E-state index is 14.2. The van der Waals surface area contributed by atoms with E-state index in [1.54, 1.807) is 13.1 Å². The second-order valence-corrected chi connectivity index (χ2v) is 6.84. The standard InChI is InChI=1S/C20H30FN3O3/c1-14(24-20(22-2)23-11-5-4-6-19(25)26-3)16-9-10-18(17(21)12-16)27-13-15-7-8-15/h9-10,12,14-15H,4-8,11,13H2,1-3H3,(H2,22,23,24). The van der Waals surface area contributed by atoms with Crippen LogP contribution in [0, 0.1) is 11.7 Å². The number of ether oxygens (including phenoxy) is 2. The Kier molecular flexibility index (Phi) is 8.36. The van der Waals surface area contributed by atoms with Crippen LogP contribution in [0.4, 0.5) is 4.39 Å². The molecule has 2 N–H and O–H groups in total. The van der Waals surface area contributed by atoms with E-state index < -0.39 is 0 Å². The summed E-state index contributed by atoms with van der Waals surface area (Å²) < 4.78 is 24.4. The van der Waals surface area contributed by atoms with Crippen LogP contribution in [0.3, 0.4) is 0 Å². The summed E-state index contributed by atoms with van der Waals surface area (Å²) in [5.74, 6) is 0.998. The lowest BCUT2D eigenvalue weighted by atomic mass is 10.1. The van der Waals surface area contributed by atoms with E-state index >= 15 is 0 Å². The summed E-state index contributed by atoms with van der Waals surface area (Å²) in [6, 6.07) is 4.95. The van der Waals surface area contributed by atoms with Gasteiger partial charge in [0.25, 0.3) is 0 Å². The van der Waals surface area contributed by atoms with Crippen molar-refractivity contribution >= 4 is 11.9 Å². The molecule has 0 spiro atoms. The number of carbonyl (C=O) groups is 1. The van der Waals surface area contributed by atoms with Crippen molar-refractivity contribution in [1.82, 2.24) is 10.6 Å². The number of carbonyl (C=O) groups excluding carboxylic acids is 1. The molecule has 1 aromatic carbocycles. The summed E-state index contributed by atoms with van der Waals surface area (Å²) in [6.45, 7) is 3.23.